The van der Waals surface area contributed by atoms with Crippen LogP contribution in [0.3, 0.4) is 0 Å². The minimum Gasteiger partial charge on any atom is -0.482 e. The fraction of sp³-hybridized carbons (Fsp3) is 0.556. The van der Waals surface area contributed by atoms with Crippen LogP contribution in [0.2, 0.25) is 5.02 Å². The molecule has 1 amide bonds. The smallest absolute Gasteiger partial charge is 0.344 e. The Morgan fingerprint density at radius 2 is 1.79 bits per heavy atom. The number of ether oxygens (including phenoxy) is 2. The highest BCUT2D eigenvalue weighted by Crippen LogP contribution is 2.26. The van der Waals surface area contributed by atoms with Crippen LogP contribution < -0.4 is 10.1 Å². The van der Waals surface area contributed by atoms with Crippen molar-refractivity contribution in [3.8, 4) is 5.75 Å². The minimum absolute atomic E-state index is 0.0816. The van der Waals surface area contributed by atoms with Crippen molar-refractivity contribution in [1.82, 2.24) is 5.32 Å². The molecule has 0 aromatic heterocycles. The molecule has 0 bridgehead atoms. The van der Waals surface area contributed by atoms with Crippen molar-refractivity contribution in [2.75, 3.05) is 13.2 Å². The molecule has 0 heterocycles. The molecule has 134 valence electrons. The van der Waals surface area contributed by atoms with E-state index in [1.807, 2.05) is 13.8 Å². The van der Waals surface area contributed by atoms with Crippen LogP contribution in [0.25, 0.3) is 0 Å². The molecule has 0 aliphatic carbocycles. The summed E-state index contributed by atoms with van der Waals surface area (Å²) in [4.78, 5) is 23.6. The van der Waals surface area contributed by atoms with Gasteiger partial charge in [-0.3, -0.25) is 4.79 Å². The van der Waals surface area contributed by atoms with Gasteiger partial charge in [0.05, 0.1) is 0 Å². The lowest BCUT2D eigenvalue weighted by molar-refractivity contribution is -0.151. The number of nitrogens with one attached hydrogen (secondary N) is 1. The lowest BCUT2D eigenvalue weighted by atomic mass is 9.82. The summed E-state index contributed by atoms with van der Waals surface area (Å²) in [6, 6.07) is 6.70. The summed E-state index contributed by atoms with van der Waals surface area (Å²) in [5.41, 5.74) is -0.294. The van der Waals surface area contributed by atoms with E-state index in [0.717, 1.165) is 6.42 Å². The number of benzene rings is 1. The number of carbonyl (C=O) groups is 2. The molecule has 0 radical (unpaired) electrons. The molecule has 6 heteroatoms. The first-order chi connectivity index (χ1) is 11.0. The lowest BCUT2D eigenvalue weighted by Crippen LogP contribution is -2.47. The molecule has 0 unspecified atom stereocenters. The number of carbonyl (C=O) groups excluding carboxylic acids is 2. The van der Waals surface area contributed by atoms with E-state index in [9.17, 15) is 9.59 Å². The zero-order valence-corrected chi connectivity index (χ0v) is 15.7. The van der Waals surface area contributed by atoms with Crippen LogP contribution in [0.4, 0.5) is 0 Å². The van der Waals surface area contributed by atoms with Crippen molar-refractivity contribution in [2.24, 2.45) is 5.41 Å². The van der Waals surface area contributed by atoms with Gasteiger partial charge in [0.1, 0.15) is 5.75 Å². The summed E-state index contributed by atoms with van der Waals surface area (Å²) in [7, 11) is 0. The third-order valence-electron chi connectivity index (χ3n) is 2.97. The van der Waals surface area contributed by atoms with Crippen LogP contribution in [-0.4, -0.2) is 30.6 Å². The predicted octanol–water partition coefficient (Wildman–Crippen LogP) is 3.59. The standard InChI is InChI=1S/C18H26ClNO4/c1-17(2,3)12-18(4,5)20-15(21)10-24-16(22)11-23-14-8-6-7-13(19)9-14/h6-9H,10-12H2,1-5H3,(H,20,21). The first kappa shape index (κ1) is 20.3. The summed E-state index contributed by atoms with van der Waals surface area (Å²) in [5, 5.41) is 3.39. The molecule has 0 saturated heterocycles. The number of esters is 1. The highest BCUT2D eigenvalue weighted by molar-refractivity contribution is 6.30. The van der Waals surface area contributed by atoms with E-state index in [4.69, 9.17) is 21.1 Å². The second-order valence-corrected chi connectivity index (χ2v) is 8.01. The van der Waals surface area contributed by atoms with Gasteiger partial charge in [-0.05, 0) is 43.9 Å². The van der Waals surface area contributed by atoms with Crippen LogP contribution in [0.5, 0.6) is 5.75 Å². The third-order valence-corrected chi connectivity index (χ3v) is 3.20. The largest absolute Gasteiger partial charge is 0.482 e. The number of rotatable bonds is 7. The van der Waals surface area contributed by atoms with Crippen molar-refractivity contribution in [1.29, 1.82) is 0 Å². The molecular weight excluding hydrogens is 330 g/mol. The first-order valence-electron chi connectivity index (χ1n) is 7.82. The molecular formula is C18H26ClNO4. The Labute approximate surface area is 148 Å². The molecule has 0 atom stereocenters. The summed E-state index contributed by atoms with van der Waals surface area (Å²) >= 11 is 5.82. The van der Waals surface area contributed by atoms with Crippen LogP contribution in [0.1, 0.15) is 41.0 Å². The Morgan fingerprint density at radius 3 is 2.38 bits per heavy atom. The van der Waals surface area contributed by atoms with Crippen molar-refractivity contribution in [3.63, 3.8) is 0 Å². The Bertz CT molecular complexity index is 579. The lowest BCUT2D eigenvalue weighted by Gasteiger charge is -2.33. The number of hydrogen-bond acceptors (Lipinski definition) is 4. The Morgan fingerprint density at radius 1 is 1.12 bits per heavy atom. The SMILES string of the molecule is CC(C)(C)CC(C)(C)NC(=O)COC(=O)COc1cccc(Cl)c1. The summed E-state index contributed by atoms with van der Waals surface area (Å²) in [5.74, 6) is -0.477. The van der Waals surface area contributed by atoms with E-state index in [0.29, 0.717) is 10.8 Å². The summed E-state index contributed by atoms with van der Waals surface area (Å²) in [6.07, 6.45) is 0.803. The first-order valence-corrected chi connectivity index (χ1v) is 8.20. The van der Waals surface area contributed by atoms with Crippen molar-refractivity contribution < 1.29 is 19.1 Å². The van der Waals surface area contributed by atoms with Crippen molar-refractivity contribution in [3.05, 3.63) is 29.3 Å². The maximum absolute atomic E-state index is 11.9. The van der Waals surface area contributed by atoms with Crippen LogP contribution >= 0.6 is 11.6 Å². The van der Waals surface area contributed by atoms with Crippen LogP contribution in [-0.2, 0) is 14.3 Å². The van der Waals surface area contributed by atoms with Gasteiger partial charge in [0.2, 0.25) is 0 Å². The Balaban J connectivity index is 2.34. The maximum atomic E-state index is 11.9. The van der Waals surface area contributed by atoms with Gasteiger partial charge >= 0.3 is 5.97 Å². The monoisotopic (exact) mass is 355 g/mol. The molecule has 1 aromatic rings. The molecule has 0 fully saturated rings. The van der Waals surface area contributed by atoms with E-state index < -0.39 is 5.97 Å². The normalized spacial score (nSPS) is 11.8. The van der Waals surface area contributed by atoms with Gasteiger partial charge in [-0.2, -0.15) is 0 Å². The Kier molecular flexibility index (Phi) is 7.08. The highest BCUT2D eigenvalue weighted by Gasteiger charge is 2.27. The second kappa shape index (κ2) is 8.38. The molecule has 0 aliphatic heterocycles. The fourth-order valence-corrected chi connectivity index (χ4v) is 2.85. The zero-order valence-electron chi connectivity index (χ0n) is 14.9. The minimum atomic E-state index is -0.612. The quantitative estimate of drug-likeness (QED) is 0.759. The molecule has 1 aromatic carbocycles. The number of amides is 1. The summed E-state index contributed by atoms with van der Waals surface area (Å²) in [6.45, 7) is 9.60. The Hall–Kier alpha value is -1.75. The van der Waals surface area contributed by atoms with Crippen LogP contribution in [0, 0.1) is 5.41 Å². The van der Waals surface area contributed by atoms with E-state index in [2.05, 4.69) is 26.1 Å². The average molecular weight is 356 g/mol. The van der Waals surface area contributed by atoms with Crippen LogP contribution in [0.15, 0.2) is 24.3 Å². The van der Waals surface area contributed by atoms with Gasteiger partial charge in [0, 0.05) is 10.6 Å². The maximum Gasteiger partial charge on any atom is 0.344 e. The molecule has 0 aliphatic rings. The summed E-state index contributed by atoms with van der Waals surface area (Å²) < 4.78 is 10.2. The highest BCUT2D eigenvalue weighted by atomic mass is 35.5. The molecule has 24 heavy (non-hydrogen) atoms. The topological polar surface area (TPSA) is 64.6 Å². The van der Waals surface area contributed by atoms with Gasteiger partial charge < -0.3 is 14.8 Å². The molecule has 0 saturated carbocycles. The number of halogens is 1. The molecule has 1 rings (SSSR count). The number of hydrogen-bond donors (Lipinski definition) is 1. The second-order valence-electron chi connectivity index (χ2n) is 7.58. The van der Waals surface area contributed by atoms with Crippen molar-refractivity contribution >= 4 is 23.5 Å². The van der Waals surface area contributed by atoms with Gasteiger partial charge in [0.25, 0.3) is 5.91 Å². The van der Waals surface area contributed by atoms with Crippen molar-refractivity contribution in [2.45, 2.75) is 46.6 Å². The third kappa shape index (κ3) is 8.77. The van der Waals surface area contributed by atoms with E-state index in [-0.39, 0.29) is 30.1 Å². The average Bonchev–Trinajstić information content (AvgIpc) is 2.39. The van der Waals surface area contributed by atoms with E-state index >= 15 is 0 Å². The fourth-order valence-electron chi connectivity index (χ4n) is 2.67. The predicted molar refractivity (Wildman–Crippen MR) is 94.2 cm³/mol. The van der Waals surface area contributed by atoms with Gasteiger partial charge in [-0.25, -0.2) is 4.79 Å². The van der Waals surface area contributed by atoms with Gasteiger partial charge in [0.15, 0.2) is 13.2 Å². The van der Waals surface area contributed by atoms with Gasteiger partial charge in [-0.15, -0.1) is 0 Å². The van der Waals surface area contributed by atoms with Gasteiger partial charge in [-0.1, -0.05) is 38.4 Å². The van der Waals surface area contributed by atoms with E-state index in [1.165, 1.54) is 0 Å². The molecule has 5 nitrogen and oxygen atoms in total. The molecule has 1 N–H and O–H groups in total. The van der Waals surface area contributed by atoms with E-state index in [1.54, 1.807) is 24.3 Å². The zero-order chi connectivity index (χ0) is 18.4. The molecule has 0 spiro atoms.